The van der Waals surface area contributed by atoms with Crippen molar-refractivity contribution in [2.45, 2.75) is 19.5 Å². The van der Waals surface area contributed by atoms with Crippen LogP contribution in [0.3, 0.4) is 0 Å². The lowest BCUT2D eigenvalue weighted by Gasteiger charge is -2.26. The molecule has 0 atom stereocenters. The largest absolute Gasteiger partial charge is 0.379 e. The second kappa shape index (κ2) is 9.93. The van der Waals surface area contributed by atoms with Gasteiger partial charge in [0.1, 0.15) is 10.8 Å². The number of carbonyl (C=O) groups is 1. The van der Waals surface area contributed by atoms with Gasteiger partial charge in [-0.25, -0.2) is 9.37 Å². The van der Waals surface area contributed by atoms with Gasteiger partial charge in [0.05, 0.1) is 25.3 Å². The lowest BCUT2D eigenvalue weighted by Crippen LogP contribution is -2.35. The van der Waals surface area contributed by atoms with Gasteiger partial charge in [0.2, 0.25) is 5.91 Å². The molecule has 2 heterocycles. The zero-order valence-electron chi connectivity index (χ0n) is 16.6. The number of rotatable bonds is 7. The van der Waals surface area contributed by atoms with E-state index in [4.69, 9.17) is 4.74 Å². The summed E-state index contributed by atoms with van der Waals surface area (Å²) in [5.74, 6) is -0.383. The van der Waals surface area contributed by atoms with Gasteiger partial charge in [0.25, 0.3) is 0 Å². The average molecular weight is 426 g/mol. The highest BCUT2D eigenvalue weighted by Crippen LogP contribution is 2.24. The molecule has 1 aliphatic rings. The number of morpholine rings is 1. The summed E-state index contributed by atoms with van der Waals surface area (Å²) in [4.78, 5) is 19.2. The Morgan fingerprint density at radius 1 is 1.07 bits per heavy atom. The Hall–Kier alpha value is -2.61. The van der Waals surface area contributed by atoms with Crippen molar-refractivity contribution in [3.63, 3.8) is 0 Å². The molecule has 2 aromatic carbocycles. The molecule has 5 nitrogen and oxygen atoms in total. The molecule has 0 spiro atoms. The summed E-state index contributed by atoms with van der Waals surface area (Å²) in [7, 11) is 0. The molecule has 0 radical (unpaired) electrons. The van der Waals surface area contributed by atoms with Crippen LogP contribution >= 0.6 is 11.3 Å². The Kier molecular flexibility index (Phi) is 6.84. The zero-order chi connectivity index (χ0) is 20.8. The molecular formula is C23H24FN3O2S. The quantitative estimate of drug-likeness (QED) is 0.628. The lowest BCUT2D eigenvalue weighted by molar-refractivity contribution is -0.120. The maximum Gasteiger partial charge on any atom is 0.226 e. The minimum absolute atomic E-state index is 0.1000. The highest BCUT2D eigenvalue weighted by molar-refractivity contribution is 7.13. The molecule has 1 aliphatic heterocycles. The summed E-state index contributed by atoms with van der Waals surface area (Å²) in [5, 5.41) is 5.69. The minimum Gasteiger partial charge on any atom is -0.379 e. The van der Waals surface area contributed by atoms with E-state index in [0.29, 0.717) is 6.54 Å². The van der Waals surface area contributed by atoms with E-state index in [9.17, 15) is 9.18 Å². The Balaban J connectivity index is 1.29. The van der Waals surface area contributed by atoms with Crippen LogP contribution in [0.2, 0.25) is 0 Å². The number of nitrogens with zero attached hydrogens (tertiary/aromatic N) is 2. The van der Waals surface area contributed by atoms with Crippen LogP contribution in [0.1, 0.15) is 16.8 Å². The minimum atomic E-state index is -0.283. The highest BCUT2D eigenvalue weighted by atomic mass is 32.1. The molecule has 156 valence electrons. The normalized spacial score (nSPS) is 14.6. The number of halogens is 1. The van der Waals surface area contributed by atoms with Crippen LogP contribution in [0, 0.1) is 5.82 Å². The molecule has 1 aromatic heterocycles. The first kappa shape index (κ1) is 20.7. The first-order valence-electron chi connectivity index (χ1n) is 10.0. The van der Waals surface area contributed by atoms with Gasteiger partial charge in [-0.15, -0.1) is 11.3 Å². The Morgan fingerprint density at radius 3 is 2.50 bits per heavy atom. The predicted molar refractivity (Wildman–Crippen MR) is 116 cm³/mol. The Labute approximate surface area is 179 Å². The first-order valence-corrected chi connectivity index (χ1v) is 10.9. The van der Waals surface area contributed by atoms with Crippen molar-refractivity contribution in [3.05, 3.63) is 76.5 Å². The van der Waals surface area contributed by atoms with Crippen molar-refractivity contribution in [2.75, 3.05) is 26.3 Å². The van der Waals surface area contributed by atoms with E-state index in [-0.39, 0.29) is 18.1 Å². The molecule has 7 heteroatoms. The summed E-state index contributed by atoms with van der Waals surface area (Å²) >= 11 is 1.54. The van der Waals surface area contributed by atoms with Crippen LogP contribution in [0.25, 0.3) is 10.6 Å². The highest BCUT2D eigenvalue weighted by Gasteiger charge is 2.12. The monoisotopic (exact) mass is 425 g/mol. The molecule has 0 aliphatic carbocycles. The van der Waals surface area contributed by atoms with E-state index in [0.717, 1.165) is 54.7 Å². The summed E-state index contributed by atoms with van der Waals surface area (Å²) in [6, 6.07) is 14.6. The molecule has 4 rings (SSSR count). The van der Waals surface area contributed by atoms with Gasteiger partial charge in [-0.05, 0) is 23.3 Å². The molecule has 3 aromatic rings. The van der Waals surface area contributed by atoms with E-state index < -0.39 is 0 Å². The number of carbonyl (C=O) groups excluding carboxylic acids is 1. The fourth-order valence-electron chi connectivity index (χ4n) is 3.32. The van der Waals surface area contributed by atoms with Crippen molar-refractivity contribution in [2.24, 2.45) is 0 Å². The third-order valence-electron chi connectivity index (χ3n) is 5.01. The Bertz CT molecular complexity index is 967. The maximum absolute atomic E-state index is 12.9. The van der Waals surface area contributed by atoms with Crippen LogP contribution in [0.15, 0.2) is 53.9 Å². The van der Waals surface area contributed by atoms with Crippen molar-refractivity contribution in [1.29, 1.82) is 0 Å². The standard InChI is InChI=1S/C23H24FN3O2S/c24-20-7-3-17(4-8-20)14-25-22(28)13-21-16-30-23(26-21)19-5-1-18(2-6-19)15-27-9-11-29-12-10-27/h1-8,16H,9-15H2,(H,25,28). The van der Waals surface area contributed by atoms with E-state index in [1.165, 1.54) is 17.7 Å². The second-order valence-corrected chi connectivity index (χ2v) is 8.17. The first-order chi connectivity index (χ1) is 14.7. The Morgan fingerprint density at radius 2 is 1.77 bits per heavy atom. The molecule has 1 fully saturated rings. The van der Waals surface area contributed by atoms with Crippen LogP contribution in [-0.2, 0) is 29.0 Å². The fourth-order valence-corrected chi connectivity index (χ4v) is 4.15. The van der Waals surface area contributed by atoms with E-state index in [2.05, 4.69) is 39.5 Å². The van der Waals surface area contributed by atoms with Crippen molar-refractivity contribution < 1.29 is 13.9 Å². The second-order valence-electron chi connectivity index (χ2n) is 7.31. The van der Waals surface area contributed by atoms with E-state index in [1.54, 1.807) is 23.5 Å². The van der Waals surface area contributed by atoms with Gasteiger partial charge < -0.3 is 10.1 Å². The zero-order valence-corrected chi connectivity index (χ0v) is 17.5. The number of benzene rings is 2. The molecule has 30 heavy (non-hydrogen) atoms. The summed E-state index contributed by atoms with van der Waals surface area (Å²) in [5.41, 5.74) is 3.95. The predicted octanol–water partition coefficient (Wildman–Crippen LogP) is 3.64. The number of aromatic nitrogens is 1. The molecule has 0 saturated carbocycles. The van der Waals surface area contributed by atoms with Gasteiger partial charge in [-0.1, -0.05) is 36.4 Å². The number of amides is 1. The number of thiazole rings is 1. The van der Waals surface area contributed by atoms with E-state index in [1.807, 2.05) is 5.38 Å². The van der Waals surface area contributed by atoms with E-state index >= 15 is 0 Å². The molecular weight excluding hydrogens is 401 g/mol. The van der Waals surface area contributed by atoms with Gasteiger partial charge >= 0.3 is 0 Å². The van der Waals surface area contributed by atoms with Gasteiger partial charge in [-0.2, -0.15) is 0 Å². The van der Waals surface area contributed by atoms with Gasteiger partial charge in [0.15, 0.2) is 0 Å². The van der Waals surface area contributed by atoms with Crippen molar-refractivity contribution in [1.82, 2.24) is 15.2 Å². The molecule has 1 saturated heterocycles. The molecule has 0 bridgehead atoms. The average Bonchev–Trinajstić information content (AvgIpc) is 3.23. The third-order valence-corrected chi connectivity index (χ3v) is 5.95. The molecule has 1 N–H and O–H groups in total. The number of hydrogen-bond acceptors (Lipinski definition) is 5. The summed E-state index contributed by atoms with van der Waals surface area (Å²) in [6.07, 6.45) is 0.229. The van der Waals surface area contributed by atoms with Crippen molar-refractivity contribution in [3.8, 4) is 10.6 Å². The lowest BCUT2D eigenvalue weighted by atomic mass is 10.1. The topological polar surface area (TPSA) is 54.5 Å². The molecule has 1 amide bonds. The number of hydrogen-bond donors (Lipinski definition) is 1. The van der Waals surface area contributed by atoms with Crippen LogP contribution in [0.4, 0.5) is 4.39 Å². The van der Waals surface area contributed by atoms with Crippen LogP contribution in [-0.4, -0.2) is 42.1 Å². The maximum atomic E-state index is 12.9. The van der Waals surface area contributed by atoms with Crippen LogP contribution in [0.5, 0.6) is 0 Å². The SMILES string of the molecule is O=C(Cc1csc(-c2ccc(CN3CCOCC3)cc2)n1)NCc1ccc(F)cc1. The van der Waals surface area contributed by atoms with Crippen molar-refractivity contribution >= 4 is 17.2 Å². The van der Waals surface area contributed by atoms with Gasteiger partial charge in [0, 0.05) is 37.1 Å². The molecule has 0 unspecified atom stereocenters. The summed E-state index contributed by atoms with van der Waals surface area (Å²) < 4.78 is 18.3. The summed E-state index contributed by atoms with van der Waals surface area (Å²) in [6.45, 7) is 4.86. The smallest absolute Gasteiger partial charge is 0.226 e. The fraction of sp³-hybridized carbons (Fsp3) is 0.304. The van der Waals surface area contributed by atoms with Crippen LogP contribution < -0.4 is 5.32 Å². The number of nitrogens with one attached hydrogen (secondary N) is 1. The number of ether oxygens (including phenoxy) is 1. The van der Waals surface area contributed by atoms with Gasteiger partial charge in [-0.3, -0.25) is 9.69 Å². The third kappa shape index (κ3) is 5.72.